The van der Waals surface area contributed by atoms with E-state index in [4.69, 9.17) is 5.73 Å². The molecule has 3 nitrogen and oxygen atoms in total. The lowest BCUT2D eigenvalue weighted by molar-refractivity contribution is 1.16. The molecule has 52 valence electrons. The Hall–Kier alpha value is -1.22. The van der Waals surface area contributed by atoms with Crippen molar-refractivity contribution in [2.45, 2.75) is 0 Å². The van der Waals surface area contributed by atoms with E-state index in [1.54, 1.807) is 12.4 Å². The standard InChI is InChI=1S/C7H9N3/c8-3-1-2-7-4-9-6-10-5-7/h1-2,4-6H,3,8H2/b2-1+. The quantitative estimate of drug-likeness (QED) is 0.640. The molecule has 0 fully saturated rings. The Kier molecular flexibility index (Phi) is 2.58. The van der Waals surface area contributed by atoms with Crippen molar-refractivity contribution in [1.82, 2.24) is 9.97 Å². The van der Waals surface area contributed by atoms with Gasteiger partial charge in [-0.3, -0.25) is 0 Å². The van der Waals surface area contributed by atoms with E-state index in [1.807, 2.05) is 12.2 Å². The van der Waals surface area contributed by atoms with E-state index in [2.05, 4.69) is 9.97 Å². The zero-order valence-electron chi connectivity index (χ0n) is 5.57. The smallest absolute Gasteiger partial charge is 0.115 e. The molecule has 0 aromatic carbocycles. The van der Waals surface area contributed by atoms with Crippen LogP contribution in [0.4, 0.5) is 0 Å². The molecule has 0 radical (unpaired) electrons. The monoisotopic (exact) mass is 135 g/mol. The zero-order chi connectivity index (χ0) is 7.23. The van der Waals surface area contributed by atoms with Crippen LogP contribution in [-0.4, -0.2) is 16.5 Å². The van der Waals surface area contributed by atoms with Crippen molar-refractivity contribution < 1.29 is 0 Å². The number of nitrogens with zero attached hydrogens (tertiary/aromatic N) is 2. The van der Waals surface area contributed by atoms with Gasteiger partial charge in [0.25, 0.3) is 0 Å². The Bertz CT molecular complexity index is 205. The molecule has 10 heavy (non-hydrogen) atoms. The summed E-state index contributed by atoms with van der Waals surface area (Å²) in [6, 6.07) is 0. The highest BCUT2D eigenvalue weighted by atomic mass is 14.8. The van der Waals surface area contributed by atoms with E-state index >= 15 is 0 Å². The Balaban J connectivity index is 2.67. The van der Waals surface area contributed by atoms with Crippen molar-refractivity contribution in [3.63, 3.8) is 0 Å². The lowest BCUT2D eigenvalue weighted by Crippen LogP contribution is -1.92. The average Bonchev–Trinajstić information content (AvgIpc) is 2.03. The zero-order valence-corrected chi connectivity index (χ0v) is 5.57. The molecule has 1 aromatic rings. The summed E-state index contributed by atoms with van der Waals surface area (Å²) in [6.45, 7) is 0.550. The van der Waals surface area contributed by atoms with Crippen molar-refractivity contribution in [2.75, 3.05) is 6.54 Å². The third-order valence-electron chi connectivity index (χ3n) is 1.03. The predicted octanol–water partition coefficient (Wildman–Crippen LogP) is 0.449. The lowest BCUT2D eigenvalue weighted by atomic mass is 10.3. The highest BCUT2D eigenvalue weighted by molar-refractivity contribution is 5.46. The number of hydrogen-bond acceptors (Lipinski definition) is 3. The average molecular weight is 135 g/mol. The molecule has 1 heterocycles. The Labute approximate surface area is 59.6 Å². The maximum absolute atomic E-state index is 5.25. The molecule has 0 aliphatic carbocycles. The highest BCUT2D eigenvalue weighted by Crippen LogP contribution is 1.94. The molecule has 0 saturated heterocycles. The van der Waals surface area contributed by atoms with Crippen LogP contribution in [0.15, 0.2) is 24.8 Å². The molecule has 1 aromatic heterocycles. The third kappa shape index (κ3) is 1.95. The summed E-state index contributed by atoms with van der Waals surface area (Å²) in [5.74, 6) is 0. The van der Waals surface area contributed by atoms with Gasteiger partial charge in [0.15, 0.2) is 0 Å². The molecule has 0 aliphatic heterocycles. The van der Waals surface area contributed by atoms with Crippen molar-refractivity contribution in [1.29, 1.82) is 0 Å². The van der Waals surface area contributed by atoms with Crippen LogP contribution in [-0.2, 0) is 0 Å². The first kappa shape index (κ1) is 6.89. The molecule has 0 spiro atoms. The van der Waals surface area contributed by atoms with Gasteiger partial charge in [0, 0.05) is 24.5 Å². The second kappa shape index (κ2) is 3.74. The van der Waals surface area contributed by atoms with Gasteiger partial charge in [-0.05, 0) is 0 Å². The topological polar surface area (TPSA) is 51.8 Å². The van der Waals surface area contributed by atoms with Crippen LogP contribution in [0.1, 0.15) is 5.56 Å². The third-order valence-corrected chi connectivity index (χ3v) is 1.03. The summed E-state index contributed by atoms with van der Waals surface area (Å²) >= 11 is 0. The summed E-state index contributed by atoms with van der Waals surface area (Å²) in [6.07, 6.45) is 8.72. The Morgan fingerprint density at radius 3 is 2.70 bits per heavy atom. The van der Waals surface area contributed by atoms with E-state index < -0.39 is 0 Å². The van der Waals surface area contributed by atoms with Gasteiger partial charge in [-0.25, -0.2) is 9.97 Å². The molecule has 2 N–H and O–H groups in total. The molecule has 0 amide bonds. The fourth-order valence-electron chi connectivity index (χ4n) is 0.601. The van der Waals surface area contributed by atoms with Crippen LogP contribution in [0.2, 0.25) is 0 Å². The summed E-state index contributed by atoms with van der Waals surface area (Å²) < 4.78 is 0. The molecule has 3 heteroatoms. The van der Waals surface area contributed by atoms with Gasteiger partial charge in [0.1, 0.15) is 6.33 Å². The second-order valence-electron chi connectivity index (χ2n) is 1.81. The maximum Gasteiger partial charge on any atom is 0.115 e. The van der Waals surface area contributed by atoms with E-state index in [0.717, 1.165) is 5.56 Å². The second-order valence-corrected chi connectivity index (χ2v) is 1.81. The van der Waals surface area contributed by atoms with Crippen LogP contribution in [0.25, 0.3) is 6.08 Å². The van der Waals surface area contributed by atoms with Crippen LogP contribution >= 0.6 is 0 Å². The Morgan fingerprint density at radius 1 is 1.40 bits per heavy atom. The summed E-state index contributed by atoms with van der Waals surface area (Å²) in [7, 11) is 0. The van der Waals surface area contributed by atoms with Crippen molar-refractivity contribution in [2.24, 2.45) is 5.73 Å². The fraction of sp³-hybridized carbons (Fsp3) is 0.143. The minimum absolute atomic E-state index is 0.550. The molecule has 0 aliphatic rings. The first-order valence-electron chi connectivity index (χ1n) is 3.05. The van der Waals surface area contributed by atoms with Crippen LogP contribution in [0.5, 0.6) is 0 Å². The number of aromatic nitrogens is 2. The van der Waals surface area contributed by atoms with Gasteiger partial charge in [-0.15, -0.1) is 0 Å². The molecule has 0 atom stereocenters. The van der Waals surface area contributed by atoms with Gasteiger partial charge in [0.05, 0.1) is 0 Å². The van der Waals surface area contributed by atoms with Crippen molar-refractivity contribution >= 4 is 6.08 Å². The predicted molar refractivity (Wildman–Crippen MR) is 40.1 cm³/mol. The van der Waals surface area contributed by atoms with E-state index in [1.165, 1.54) is 6.33 Å². The van der Waals surface area contributed by atoms with E-state index in [0.29, 0.717) is 6.54 Å². The van der Waals surface area contributed by atoms with E-state index in [-0.39, 0.29) is 0 Å². The maximum atomic E-state index is 5.25. The normalized spacial score (nSPS) is 10.5. The van der Waals surface area contributed by atoms with Crippen LogP contribution in [0, 0.1) is 0 Å². The van der Waals surface area contributed by atoms with Crippen LogP contribution < -0.4 is 5.73 Å². The lowest BCUT2D eigenvalue weighted by Gasteiger charge is -1.87. The number of hydrogen-bond donors (Lipinski definition) is 1. The first-order valence-corrected chi connectivity index (χ1v) is 3.05. The van der Waals surface area contributed by atoms with Gasteiger partial charge < -0.3 is 5.73 Å². The minimum Gasteiger partial charge on any atom is -0.327 e. The fourth-order valence-corrected chi connectivity index (χ4v) is 0.601. The van der Waals surface area contributed by atoms with Crippen molar-refractivity contribution in [3.8, 4) is 0 Å². The molecule has 1 rings (SSSR count). The summed E-state index contributed by atoms with van der Waals surface area (Å²) in [5, 5.41) is 0. The molecular formula is C7H9N3. The van der Waals surface area contributed by atoms with Gasteiger partial charge in [-0.2, -0.15) is 0 Å². The molecular weight excluding hydrogens is 126 g/mol. The minimum atomic E-state index is 0.550. The van der Waals surface area contributed by atoms with Gasteiger partial charge in [0.2, 0.25) is 0 Å². The molecule has 0 saturated carbocycles. The Morgan fingerprint density at radius 2 is 2.10 bits per heavy atom. The van der Waals surface area contributed by atoms with Crippen molar-refractivity contribution in [3.05, 3.63) is 30.4 Å². The van der Waals surface area contributed by atoms with Crippen LogP contribution in [0.3, 0.4) is 0 Å². The highest BCUT2D eigenvalue weighted by Gasteiger charge is 1.81. The molecule has 0 bridgehead atoms. The first-order chi connectivity index (χ1) is 4.93. The number of nitrogens with two attached hydrogens (primary N) is 1. The van der Waals surface area contributed by atoms with Gasteiger partial charge in [-0.1, -0.05) is 12.2 Å². The summed E-state index contributed by atoms with van der Waals surface area (Å²) in [4.78, 5) is 7.67. The number of rotatable bonds is 2. The molecule has 0 unspecified atom stereocenters. The largest absolute Gasteiger partial charge is 0.327 e. The van der Waals surface area contributed by atoms with Gasteiger partial charge >= 0.3 is 0 Å². The van der Waals surface area contributed by atoms with E-state index in [9.17, 15) is 0 Å². The SMILES string of the molecule is NC/C=C/c1cncnc1. The summed E-state index contributed by atoms with van der Waals surface area (Å²) in [5.41, 5.74) is 6.23.